The number of benzene rings is 1. The molecular formula is C30H44N4O4. The van der Waals surface area contributed by atoms with Gasteiger partial charge >= 0.3 is 0 Å². The fraction of sp³-hybridized carbons (Fsp3) is 0.600. The molecule has 1 unspecified atom stereocenters. The Labute approximate surface area is 227 Å². The van der Waals surface area contributed by atoms with E-state index in [2.05, 4.69) is 22.5 Å². The first-order valence-corrected chi connectivity index (χ1v) is 14.5. The summed E-state index contributed by atoms with van der Waals surface area (Å²) in [5.74, 6) is -1.91. The molecule has 0 spiro atoms. The maximum atomic E-state index is 13.1. The van der Waals surface area contributed by atoms with Crippen molar-refractivity contribution < 1.29 is 19.2 Å². The fourth-order valence-electron chi connectivity index (χ4n) is 5.28. The molecule has 1 fully saturated rings. The molecule has 4 amide bonds. The van der Waals surface area contributed by atoms with E-state index in [1.54, 1.807) is 24.4 Å². The van der Waals surface area contributed by atoms with E-state index in [-0.39, 0.29) is 18.7 Å². The largest absolute Gasteiger partial charge is 0.391 e. The van der Waals surface area contributed by atoms with Crippen LogP contribution in [0, 0.1) is 0 Å². The van der Waals surface area contributed by atoms with E-state index in [9.17, 15) is 19.2 Å². The lowest BCUT2D eigenvalue weighted by molar-refractivity contribution is -0.136. The van der Waals surface area contributed by atoms with Crippen LogP contribution in [0.4, 0.5) is 5.69 Å². The second kappa shape index (κ2) is 15.9. The van der Waals surface area contributed by atoms with Crippen LogP contribution >= 0.6 is 0 Å². The normalized spacial score (nSPS) is 16.9. The van der Waals surface area contributed by atoms with Gasteiger partial charge in [-0.25, -0.2) is 0 Å². The number of fused-ring (bicyclic) bond motifs is 1. The van der Waals surface area contributed by atoms with Gasteiger partial charge in [0.25, 0.3) is 11.8 Å². The zero-order valence-electron chi connectivity index (χ0n) is 22.7. The molecule has 1 aromatic carbocycles. The quantitative estimate of drug-likeness (QED) is 0.167. The molecule has 0 aromatic heterocycles. The number of nitrogens with one attached hydrogen (secondary N) is 3. The van der Waals surface area contributed by atoms with Crippen molar-refractivity contribution in [2.45, 2.75) is 102 Å². The Morgan fingerprint density at radius 2 is 1.39 bits per heavy atom. The van der Waals surface area contributed by atoms with Crippen LogP contribution in [0.15, 0.2) is 31.0 Å². The number of anilines is 1. The lowest BCUT2D eigenvalue weighted by atomic mass is 10.0. The minimum atomic E-state index is -0.942. The van der Waals surface area contributed by atoms with Gasteiger partial charge in [-0.2, -0.15) is 0 Å². The summed E-state index contributed by atoms with van der Waals surface area (Å²) in [6.45, 7) is 5.42. The lowest BCUT2D eigenvalue weighted by Gasteiger charge is -2.27. The van der Waals surface area contributed by atoms with Crippen LogP contribution in [0.5, 0.6) is 0 Å². The van der Waals surface area contributed by atoms with E-state index in [4.69, 9.17) is 0 Å². The maximum absolute atomic E-state index is 13.1. The first-order chi connectivity index (χ1) is 18.5. The Bertz CT molecular complexity index is 977. The van der Waals surface area contributed by atoms with E-state index in [1.165, 1.54) is 70.6 Å². The molecule has 0 saturated carbocycles. The highest BCUT2D eigenvalue weighted by Crippen LogP contribution is 2.32. The molecule has 8 nitrogen and oxygen atoms in total. The Kier molecular flexibility index (Phi) is 12.3. The van der Waals surface area contributed by atoms with Crippen molar-refractivity contribution >= 4 is 29.3 Å². The van der Waals surface area contributed by atoms with E-state index < -0.39 is 23.8 Å². The van der Waals surface area contributed by atoms with Gasteiger partial charge in [0.15, 0.2) is 0 Å². The third-order valence-corrected chi connectivity index (χ3v) is 7.43. The summed E-state index contributed by atoms with van der Waals surface area (Å²) in [7, 11) is 0. The van der Waals surface area contributed by atoms with Crippen molar-refractivity contribution in [3.63, 3.8) is 0 Å². The zero-order chi connectivity index (χ0) is 27.2. The summed E-state index contributed by atoms with van der Waals surface area (Å²) in [6, 6.07) is 4.24. The smallest absolute Gasteiger partial charge is 0.264 e. The molecule has 2 aliphatic rings. The molecule has 208 valence electrons. The predicted molar refractivity (Wildman–Crippen MR) is 150 cm³/mol. The summed E-state index contributed by atoms with van der Waals surface area (Å²) >= 11 is 0. The highest BCUT2D eigenvalue weighted by atomic mass is 16.2. The van der Waals surface area contributed by atoms with Crippen molar-refractivity contribution in [2.24, 2.45) is 0 Å². The van der Waals surface area contributed by atoms with Crippen LogP contribution in [0.1, 0.15) is 117 Å². The van der Waals surface area contributed by atoms with Gasteiger partial charge in [-0.15, -0.1) is 0 Å². The minimum Gasteiger partial charge on any atom is -0.391 e. The minimum absolute atomic E-state index is 0.115. The average Bonchev–Trinajstić information content (AvgIpc) is 3.16. The third-order valence-electron chi connectivity index (χ3n) is 7.43. The molecule has 2 heterocycles. The fourth-order valence-corrected chi connectivity index (χ4v) is 5.28. The third kappa shape index (κ3) is 8.43. The second-order valence-corrected chi connectivity index (χ2v) is 10.4. The van der Waals surface area contributed by atoms with Crippen molar-refractivity contribution in [1.82, 2.24) is 15.5 Å². The van der Waals surface area contributed by atoms with Gasteiger partial charge in [0.2, 0.25) is 11.8 Å². The number of hydrogen-bond acceptors (Lipinski definition) is 6. The molecule has 38 heavy (non-hydrogen) atoms. The van der Waals surface area contributed by atoms with E-state index in [0.717, 1.165) is 30.8 Å². The standard InChI is InChI=1S/C30H44N4O4/c1-2-31-21-14-12-10-8-6-4-3-5-7-9-11-13-15-22-32-24-18-16-17-23-27(24)30(38)34(29(23)37)25-19-20-26(35)33-28(25)36/h2,16-18,25,31-32H,1,3-15,19-22H2,(H,33,35,36). The number of unbranched alkanes of at least 4 members (excludes halogenated alkanes) is 12. The summed E-state index contributed by atoms with van der Waals surface area (Å²) in [6.07, 6.45) is 18.5. The van der Waals surface area contributed by atoms with Crippen LogP contribution < -0.4 is 16.0 Å². The molecule has 8 heteroatoms. The molecule has 0 aliphatic carbocycles. The maximum Gasteiger partial charge on any atom is 0.264 e. The van der Waals surface area contributed by atoms with Crippen LogP contribution in [-0.2, 0) is 9.59 Å². The second-order valence-electron chi connectivity index (χ2n) is 10.4. The van der Waals surface area contributed by atoms with E-state index in [0.29, 0.717) is 16.8 Å². The van der Waals surface area contributed by atoms with Crippen LogP contribution in [0.25, 0.3) is 0 Å². The first kappa shape index (κ1) is 29.4. The van der Waals surface area contributed by atoms with E-state index >= 15 is 0 Å². The highest BCUT2D eigenvalue weighted by Gasteiger charge is 2.45. The average molecular weight is 525 g/mol. The molecule has 3 N–H and O–H groups in total. The van der Waals surface area contributed by atoms with E-state index in [1.807, 2.05) is 0 Å². The van der Waals surface area contributed by atoms with Gasteiger partial charge in [0.05, 0.1) is 11.1 Å². The molecule has 3 rings (SSSR count). The van der Waals surface area contributed by atoms with Crippen molar-refractivity contribution in [1.29, 1.82) is 0 Å². The van der Waals surface area contributed by atoms with Crippen LogP contribution in [0.3, 0.4) is 0 Å². The van der Waals surface area contributed by atoms with Gasteiger partial charge in [-0.1, -0.05) is 83.3 Å². The van der Waals surface area contributed by atoms with Crippen LogP contribution in [0.2, 0.25) is 0 Å². The summed E-state index contributed by atoms with van der Waals surface area (Å²) in [5.41, 5.74) is 1.27. The van der Waals surface area contributed by atoms with Gasteiger partial charge in [-0.3, -0.25) is 29.4 Å². The molecule has 0 radical (unpaired) electrons. The molecule has 1 atom stereocenters. The Morgan fingerprint density at radius 3 is 1.97 bits per heavy atom. The lowest BCUT2D eigenvalue weighted by Crippen LogP contribution is -2.54. The molecular weight excluding hydrogens is 480 g/mol. The monoisotopic (exact) mass is 524 g/mol. The number of hydrogen-bond donors (Lipinski definition) is 3. The number of imide groups is 2. The Hall–Kier alpha value is -3.16. The Morgan fingerprint density at radius 1 is 0.816 bits per heavy atom. The number of carbonyl (C=O) groups excluding carboxylic acids is 4. The number of carbonyl (C=O) groups is 4. The van der Waals surface area contributed by atoms with Crippen LogP contribution in [-0.4, -0.2) is 47.7 Å². The highest BCUT2D eigenvalue weighted by molar-refractivity contribution is 6.25. The van der Waals surface area contributed by atoms with Crippen molar-refractivity contribution in [3.05, 3.63) is 42.1 Å². The molecule has 1 saturated heterocycles. The summed E-state index contributed by atoms with van der Waals surface area (Å²) in [4.78, 5) is 50.8. The zero-order valence-corrected chi connectivity index (χ0v) is 22.7. The molecule has 1 aromatic rings. The number of piperidine rings is 1. The summed E-state index contributed by atoms with van der Waals surface area (Å²) in [5, 5.41) is 8.70. The Balaban J connectivity index is 1.27. The SMILES string of the molecule is C=CNCCCCCCCCCCCCCCCNc1cccc2c1C(=O)N(C1CCC(=O)NC1=O)C2=O. The molecule has 0 bridgehead atoms. The van der Waals surface area contributed by atoms with Crippen molar-refractivity contribution in [3.8, 4) is 0 Å². The predicted octanol–water partition coefficient (Wildman–Crippen LogP) is 5.30. The number of rotatable bonds is 19. The van der Waals surface area contributed by atoms with Gasteiger partial charge in [0, 0.05) is 25.2 Å². The van der Waals surface area contributed by atoms with Gasteiger partial charge in [-0.05, 0) is 37.6 Å². The number of nitrogens with zero attached hydrogens (tertiary/aromatic N) is 1. The molecule has 2 aliphatic heterocycles. The van der Waals surface area contributed by atoms with Gasteiger partial charge < -0.3 is 10.6 Å². The first-order valence-electron chi connectivity index (χ1n) is 14.5. The topological polar surface area (TPSA) is 108 Å². The summed E-state index contributed by atoms with van der Waals surface area (Å²) < 4.78 is 0. The van der Waals surface area contributed by atoms with Gasteiger partial charge in [0.1, 0.15) is 6.04 Å². The number of amides is 4. The van der Waals surface area contributed by atoms with Crippen molar-refractivity contribution in [2.75, 3.05) is 18.4 Å².